The van der Waals surface area contributed by atoms with Gasteiger partial charge in [-0.1, -0.05) is 12.1 Å². The quantitative estimate of drug-likeness (QED) is 0.656. The first-order valence-corrected chi connectivity index (χ1v) is 3.43. The summed E-state index contributed by atoms with van der Waals surface area (Å²) in [7, 11) is 0. The second kappa shape index (κ2) is 3.25. The van der Waals surface area contributed by atoms with Crippen LogP contribution in [0.15, 0.2) is 29.4 Å². The van der Waals surface area contributed by atoms with Crippen molar-refractivity contribution in [3.05, 3.63) is 34.7 Å². The van der Waals surface area contributed by atoms with Crippen LogP contribution in [0, 0.1) is 4.91 Å². The first-order valence-electron chi connectivity index (χ1n) is 3.43. The van der Waals surface area contributed by atoms with Crippen LogP contribution in [0.3, 0.4) is 0 Å². The molecule has 1 aromatic carbocycles. The minimum Gasteiger partial charge on any atom is -0.324 e. The lowest BCUT2D eigenvalue weighted by Crippen LogP contribution is -2.03. The van der Waals surface area contributed by atoms with E-state index in [1.807, 2.05) is 13.0 Å². The lowest BCUT2D eigenvalue weighted by atomic mass is 10.1. The van der Waals surface area contributed by atoms with Crippen LogP contribution in [-0.4, -0.2) is 0 Å². The van der Waals surface area contributed by atoms with E-state index in [4.69, 9.17) is 5.73 Å². The fourth-order valence-electron chi connectivity index (χ4n) is 0.865. The first-order chi connectivity index (χ1) is 5.24. The van der Waals surface area contributed by atoms with Crippen LogP contribution in [0.1, 0.15) is 18.5 Å². The smallest absolute Gasteiger partial charge is 0.108 e. The van der Waals surface area contributed by atoms with E-state index in [1.54, 1.807) is 18.2 Å². The molecule has 0 saturated carbocycles. The summed E-state index contributed by atoms with van der Waals surface area (Å²) in [6.07, 6.45) is 0. The van der Waals surface area contributed by atoms with E-state index in [0.29, 0.717) is 5.69 Å². The number of nitroso groups, excluding NO2 is 1. The first kappa shape index (κ1) is 7.88. The molecule has 0 spiro atoms. The molecule has 3 nitrogen and oxygen atoms in total. The molecule has 11 heavy (non-hydrogen) atoms. The lowest BCUT2D eigenvalue weighted by molar-refractivity contribution is 0.818. The minimum absolute atomic E-state index is 0.0447. The third-order valence-corrected chi connectivity index (χ3v) is 1.50. The van der Waals surface area contributed by atoms with E-state index in [1.165, 1.54) is 0 Å². The predicted octanol–water partition coefficient (Wildman–Crippen LogP) is 2.10. The van der Waals surface area contributed by atoms with Crippen molar-refractivity contribution in [2.45, 2.75) is 13.0 Å². The standard InChI is InChI=1S/C8H10N2O/c1-6(9)7-3-2-4-8(5-7)10-11/h2-6H,9H2,1H3. The van der Waals surface area contributed by atoms with Crippen molar-refractivity contribution in [2.75, 3.05) is 0 Å². The molecule has 1 atom stereocenters. The Hall–Kier alpha value is -1.22. The fraction of sp³-hybridized carbons (Fsp3) is 0.250. The third-order valence-electron chi connectivity index (χ3n) is 1.50. The minimum atomic E-state index is -0.0447. The third kappa shape index (κ3) is 1.85. The number of benzene rings is 1. The van der Waals surface area contributed by atoms with Crippen molar-refractivity contribution in [1.82, 2.24) is 0 Å². The molecule has 0 aliphatic heterocycles. The van der Waals surface area contributed by atoms with Gasteiger partial charge >= 0.3 is 0 Å². The zero-order chi connectivity index (χ0) is 8.27. The zero-order valence-electron chi connectivity index (χ0n) is 6.32. The molecule has 0 bridgehead atoms. The number of nitrogens with zero attached hydrogens (tertiary/aromatic N) is 1. The van der Waals surface area contributed by atoms with Crippen molar-refractivity contribution in [3.8, 4) is 0 Å². The summed E-state index contributed by atoms with van der Waals surface area (Å²) in [5.41, 5.74) is 6.96. The van der Waals surface area contributed by atoms with E-state index in [0.717, 1.165) is 5.56 Å². The van der Waals surface area contributed by atoms with Crippen LogP contribution in [0.4, 0.5) is 5.69 Å². The van der Waals surface area contributed by atoms with Crippen LogP contribution in [0.25, 0.3) is 0 Å². The van der Waals surface area contributed by atoms with Gasteiger partial charge in [-0.3, -0.25) is 0 Å². The van der Waals surface area contributed by atoms with Crippen molar-refractivity contribution in [3.63, 3.8) is 0 Å². The van der Waals surface area contributed by atoms with Gasteiger partial charge in [0.05, 0.1) is 0 Å². The Balaban J connectivity index is 3.00. The Kier molecular flexibility index (Phi) is 2.33. The average Bonchev–Trinajstić information content (AvgIpc) is 2.05. The molecule has 0 aromatic heterocycles. The molecule has 3 heteroatoms. The Morgan fingerprint density at radius 1 is 1.55 bits per heavy atom. The van der Waals surface area contributed by atoms with Crippen molar-refractivity contribution < 1.29 is 0 Å². The molecule has 0 aliphatic rings. The SMILES string of the molecule is CC(N)c1cccc(N=O)c1. The molecule has 2 N–H and O–H groups in total. The normalized spacial score (nSPS) is 12.5. The van der Waals surface area contributed by atoms with E-state index in [9.17, 15) is 4.91 Å². The monoisotopic (exact) mass is 150 g/mol. The summed E-state index contributed by atoms with van der Waals surface area (Å²) < 4.78 is 0. The van der Waals surface area contributed by atoms with Gasteiger partial charge in [0.15, 0.2) is 0 Å². The summed E-state index contributed by atoms with van der Waals surface area (Å²) in [6.45, 7) is 1.86. The second-order valence-corrected chi connectivity index (χ2v) is 2.47. The topological polar surface area (TPSA) is 55.4 Å². The van der Waals surface area contributed by atoms with Crippen molar-refractivity contribution in [1.29, 1.82) is 0 Å². The summed E-state index contributed by atoms with van der Waals surface area (Å²) in [5, 5.41) is 2.81. The van der Waals surface area contributed by atoms with Crippen LogP contribution >= 0.6 is 0 Å². The van der Waals surface area contributed by atoms with E-state index >= 15 is 0 Å². The second-order valence-electron chi connectivity index (χ2n) is 2.47. The Labute approximate surface area is 65.2 Å². The molecule has 58 valence electrons. The summed E-state index contributed by atoms with van der Waals surface area (Å²) in [6, 6.07) is 6.95. The van der Waals surface area contributed by atoms with Gasteiger partial charge in [0, 0.05) is 6.04 Å². The fourth-order valence-corrected chi connectivity index (χ4v) is 0.865. The van der Waals surface area contributed by atoms with Gasteiger partial charge in [0.25, 0.3) is 0 Å². The van der Waals surface area contributed by atoms with Crippen LogP contribution in [-0.2, 0) is 0 Å². The maximum absolute atomic E-state index is 10.1. The van der Waals surface area contributed by atoms with E-state index < -0.39 is 0 Å². The van der Waals surface area contributed by atoms with Gasteiger partial charge in [-0.2, -0.15) is 0 Å². The summed E-state index contributed by atoms with van der Waals surface area (Å²) >= 11 is 0. The number of rotatable bonds is 2. The Morgan fingerprint density at radius 3 is 2.82 bits per heavy atom. The molecule has 1 rings (SSSR count). The maximum atomic E-state index is 10.1. The largest absolute Gasteiger partial charge is 0.324 e. The Bertz CT molecular complexity index is 258. The molecule has 0 aliphatic carbocycles. The van der Waals surface area contributed by atoms with Gasteiger partial charge in [-0.05, 0) is 29.8 Å². The molecular formula is C8H10N2O. The van der Waals surface area contributed by atoms with Gasteiger partial charge in [0.1, 0.15) is 5.69 Å². The molecule has 0 heterocycles. The van der Waals surface area contributed by atoms with Gasteiger partial charge < -0.3 is 5.73 Å². The summed E-state index contributed by atoms with van der Waals surface area (Å²) in [5.74, 6) is 0. The highest BCUT2D eigenvalue weighted by molar-refractivity contribution is 5.40. The highest BCUT2D eigenvalue weighted by Gasteiger charge is 1.99. The van der Waals surface area contributed by atoms with Crippen molar-refractivity contribution in [2.24, 2.45) is 10.9 Å². The molecule has 1 unspecified atom stereocenters. The molecular weight excluding hydrogens is 140 g/mol. The van der Waals surface area contributed by atoms with Crippen LogP contribution in [0.2, 0.25) is 0 Å². The highest BCUT2D eigenvalue weighted by Crippen LogP contribution is 2.17. The predicted molar refractivity (Wildman–Crippen MR) is 44.5 cm³/mol. The van der Waals surface area contributed by atoms with Gasteiger partial charge in [-0.15, -0.1) is 4.91 Å². The summed E-state index contributed by atoms with van der Waals surface area (Å²) in [4.78, 5) is 10.1. The molecule has 1 aromatic rings. The molecule has 0 amide bonds. The highest BCUT2D eigenvalue weighted by atomic mass is 16.3. The van der Waals surface area contributed by atoms with Gasteiger partial charge in [-0.25, -0.2) is 0 Å². The average molecular weight is 150 g/mol. The molecule has 0 fully saturated rings. The van der Waals surface area contributed by atoms with Crippen LogP contribution in [0.5, 0.6) is 0 Å². The van der Waals surface area contributed by atoms with E-state index in [2.05, 4.69) is 5.18 Å². The molecule has 0 radical (unpaired) electrons. The van der Waals surface area contributed by atoms with Crippen LogP contribution < -0.4 is 5.73 Å². The molecule has 0 saturated heterocycles. The lowest BCUT2D eigenvalue weighted by Gasteiger charge is -2.03. The number of hydrogen-bond donors (Lipinski definition) is 1. The Morgan fingerprint density at radius 2 is 2.27 bits per heavy atom. The zero-order valence-corrected chi connectivity index (χ0v) is 6.32. The van der Waals surface area contributed by atoms with E-state index in [-0.39, 0.29) is 6.04 Å². The van der Waals surface area contributed by atoms with Crippen molar-refractivity contribution >= 4 is 5.69 Å². The number of nitrogens with two attached hydrogens (primary N) is 1. The maximum Gasteiger partial charge on any atom is 0.108 e. The van der Waals surface area contributed by atoms with Gasteiger partial charge in [0.2, 0.25) is 0 Å². The number of hydrogen-bond acceptors (Lipinski definition) is 3.